The van der Waals surface area contributed by atoms with E-state index in [4.69, 9.17) is 10.00 Å². The van der Waals surface area contributed by atoms with E-state index in [1.54, 1.807) is 7.11 Å². The zero-order chi connectivity index (χ0) is 22.0. The molecule has 0 amide bonds. The van der Waals surface area contributed by atoms with E-state index in [2.05, 4.69) is 28.7 Å². The number of hydrogen-bond donors (Lipinski definition) is 1. The van der Waals surface area contributed by atoms with Gasteiger partial charge < -0.3 is 10.1 Å². The third-order valence-corrected chi connectivity index (χ3v) is 3.74. The van der Waals surface area contributed by atoms with Crippen LogP contribution in [-0.2, 0) is 0 Å². The van der Waals surface area contributed by atoms with E-state index in [0.717, 1.165) is 28.1 Å². The molecule has 0 atom stereocenters. The summed E-state index contributed by atoms with van der Waals surface area (Å²) in [5.41, 5.74) is 3.74. The lowest BCUT2D eigenvalue weighted by molar-refractivity contribution is 0.415. The summed E-state index contributed by atoms with van der Waals surface area (Å²) < 4.78 is 7.19. The average Bonchev–Trinajstić information content (AvgIpc) is 3.12. The minimum atomic E-state index is 0.174. The van der Waals surface area contributed by atoms with E-state index >= 15 is 0 Å². The fourth-order valence-electron chi connectivity index (χ4n) is 2.53. The fraction of sp³-hybridized carbons (Fsp3) is 0.261. The van der Waals surface area contributed by atoms with Gasteiger partial charge in [-0.1, -0.05) is 44.7 Å². The second-order valence-corrected chi connectivity index (χ2v) is 5.99. The molecule has 29 heavy (non-hydrogen) atoms. The number of hydrogen-bond acceptors (Lipinski definition) is 5. The van der Waals surface area contributed by atoms with Crippen LogP contribution >= 0.6 is 0 Å². The van der Waals surface area contributed by atoms with Crippen LogP contribution in [-0.4, -0.2) is 21.9 Å². The summed E-state index contributed by atoms with van der Waals surface area (Å²) in [6.07, 6.45) is 5.76. The molecule has 0 aliphatic heterocycles. The third-order valence-electron chi connectivity index (χ3n) is 3.74. The van der Waals surface area contributed by atoms with Gasteiger partial charge in [0.05, 0.1) is 12.8 Å². The van der Waals surface area contributed by atoms with Gasteiger partial charge in [-0.25, -0.2) is 0 Å². The number of nitrogens with one attached hydrogen (secondary N) is 1. The Morgan fingerprint density at radius 3 is 2.52 bits per heavy atom. The molecular weight excluding hydrogens is 362 g/mol. The van der Waals surface area contributed by atoms with Crippen LogP contribution in [0.15, 0.2) is 60.9 Å². The highest BCUT2D eigenvalue weighted by Gasteiger charge is 2.19. The SMILES string of the molecule is C=C(C)/C=C(\C=C/C)n1c(NC(=C)C#N)nnc1-c1cc(OC)ccc1C.CC. The van der Waals surface area contributed by atoms with Crippen molar-refractivity contribution in [2.24, 2.45) is 0 Å². The van der Waals surface area contributed by atoms with Gasteiger partial charge in [0.15, 0.2) is 5.82 Å². The minimum Gasteiger partial charge on any atom is -0.497 e. The maximum atomic E-state index is 9.08. The van der Waals surface area contributed by atoms with Crippen LogP contribution in [0.25, 0.3) is 17.1 Å². The van der Waals surface area contributed by atoms with Gasteiger partial charge in [-0.2, -0.15) is 5.26 Å². The van der Waals surface area contributed by atoms with Gasteiger partial charge in [0, 0.05) is 5.56 Å². The molecule has 1 heterocycles. The van der Waals surface area contributed by atoms with Crippen molar-refractivity contribution in [3.63, 3.8) is 0 Å². The van der Waals surface area contributed by atoms with Crippen LogP contribution in [0.3, 0.4) is 0 Å². The zero-order valence-electron chi connectivity index (χ0n) is 18.1. The molecule has 152 valence electrons. The lowest BCUT2D eigenvalue weighted by Crippen LogP contribution is -2.07. The monoisotopic (exact) mass is 391 g/mol. The Morgan fingerprint density at radius 1 is 1.28 bits per heavy atom. The number of anilines is 1. The van der Waals surface area contributed by atoms with Gasteiger partial charge in [0.1, 0.15) is 17.5 Å². The van der Waals surface area contributed by atoms with Gasteiger partial charge >= 0.3 is 0 Å². The molecule has 6 heteroatoms. The lowest BCUT2D eigenvalue weighted by atomic mass is 10.1. The standard InChI is InChI=1S/C21H23N5O.C2H6/c1-7-8-17(11-14(2)3)26-20(24-25-21(26)23-16(5)13-22)19-12-18(27-6)10-9-15(19)4;1-2/h7-12H,2,5H2,1,3-4,6H3,(H,23,25);1-2H3/b8-7-,17-11+;. The number of benzene rings is 1. The van der Waals surface area contributed by atoms with E-state index in [-0.39, 0.29) is 5.70 Å². The summed E-state index contributed by atoms with van der Waals surface area (Å²) in [5, 5.41) is 20.6. The van der Waals surface area contributed by atoms with Gasteiger partial charge in [-0.3, -0.25) is 4.57 Å². The molecule has 0 bridgehead atoms. The van der Waals surface area contributed by atoms with Crippen LogP contribution < -0.4 is 10.1 Å². The number of aryl methyl sites for hydroxylation is 1. The van der Waals surface area contributed by atoms with Crippen molar-refractivity contribution in [3.8, 4) is 23.2 Å². The summed E-state index contributed by atoms with van der Waals surface area (Å²) >= 11 is 0. The zero-order valence-corrected chi connectivity index (χ0v) is 18.1. The number of allylic oxidation sites excluding steroid dienone is 6. The molecule has 0 unspecified atom stereocenters. The number of rotatable bonds is 7. The predicted octanol–water partition coefficient (Wildman–Crippen LogP) is 5.73. The van der Waals surface area contributed by atoms with E-state index in [1.807, 2.05) is 81.7 Å². The Labute approximate surface area is 173 Å². The highest BCUT2D eigenvalue weighted by atomic mass is 16.5. The number of aromatic nitrogens is 3. The molecule has 2 aromatic rings. The van der Waals surface area contributed by atoms with Crippen molar-refractivity contribution in [1.82, 2.24) is 14.8 Å². The second-order valence-electron chi connectivity index (χ2n) is 5.99. The first-order valence-corrected chi connectivity index (χ1v) is 9.38. The van der Waals surface area contributed by atoms with E-state index in [0.29, 0.717) is 11.8 Å². The molecule has 0 saturated heterocycles. The summed E-state index contributed by atoms with van der Waals surface area (Å²) in [5.74, 6) is 1.73. The molecular formula is C23H29N5O. The Hall–Kier alpha value is -3.59. The average molecular weight is 392 g/mol. The van der Waals surface area contributed by atoms with Crippen molar-refractivity contribution in [3.05, 3.63) is 66.4 Å². The van der Waals surface area contributed by atoms with Crippen molar-refractivity contribution in [2.45, 2.75) is 34.6 Å². The molecule has 1 aromatic heterocycles. The first-order chi connectivity index (χ1) is 13.9. The molecule has 0 spiro atoms. The van der Waals surface area contributed by atoms with Crippen molar-refractivity contribution in [1.29, 1.82) is 5.26 Å². The number of nitrogens with zero attached hydrogens (tertiary/aromatic N) is 4. The Kier molecular flexibility index (Phi) is 9.14. The Balaban J connectivity index is 0.00000204. The number of nitriles is 1. The van der Waals surface area contributed by atoms with E-state index in [1.165, 1.54) is 0 Å². The van der Waals surface area contributed by atoms with Gasteiger partial charge in [-0.15, -0.1) is 10.2 Å². The van der Waals surface area contributed by atoms with Crippen LogP contribution in [0.1, 0.15) is 33.3 Å². The van der Waals surface area contributed by atoms with Crippen LogP contribution in [0.5, 0.6) is 5.75 Å². The molecule has 0 aliphatic carbocycles. The highest BCUT2D eigenvalue weighted by molar-refractivity contribution is 5.74. The maximum absolute atomic E-state index is 9.08. The molecule has 1 aromatic carbocycles. The summed E-state index contributed by atoms with van der Waals surface area (Å²) in [4.78, 5) is 0. The summed E-state index contributed by atoms with van der Waals surface area (Å²) in [7, 11) is 1.62. The smallest absolute Gasteiger partial charge is 0.234 e. The molecule has 0 fully saturated rings. The Morgan fingerprint density at radius 2 is 1.97 bits per heavy atom. The summed E-state index contributed by atoms with van der Waals surface area (Å²) in [6, 6.07) is 7.74. The first kappa shape index (κ1) is 23.4. The van der Waals surface area contributed by atoms with Gasteiger partial charge in [0.25, 0.3) is 0 Å². The van der Waals surface area contributed by atoms with Crippen LogP contribution in [0, 0.1) is 18.3 Å². The molecule has 6 nitrogen and oxygen atoms in total. The van der Waals surface area contributed by atoms with Crippen LogP contribution in [0.2, 0.25) is 0 Å². The predicted molar refractivity (Wildman–Crippen MR) is 120 cm³/mol. The van der Waals surface area contributed by atoms with Crippen molar-refractivity contribution < 1.29 is 4.74 Å². The first-order valence-electron chi connectivity index (χ1n) is 9.38. The second kappa shape index (κ2) is 11.3. The lowest BCUT2D eigenvalue weighted by Gasteiger charge is -2.14. The van der Waals surface area contributed by atoms with Crippen LogP contribution in [0.4, 0.5) is 5.95 Å². The molecule has 0 aliphatic rings. The maximum Gasteiger partial charge on any atom is 0.234 e. The number of ether oxygens (including phenoxy) is 1. The molecule has 0 saturated carbocycles. The van der Waals surface area contributed by atoms with Gasteiger partial charge in [-0.05, 0) is 50.6 Å². The largest absolute Gasteiger partial charge is 0.497 e. The van der Waals surface area contributed by atoms with Gasteiger partial charge in [0.2, 0.25) is 5.95 Å². The summed E-state index contributed by atoms with van der Waals surface area (Å²) in [6.45, 7) is 17.5. The molecule has 0 radical (unpaired) electrons. The highest BCUT2D eigenvalue weighted by Crippen LogP contribution is 2.31. The number of methoxy groups -OCH3 is 1. The fourth-order valence-corrected chi connectivity index (χ4v) is 2.53. The molecule has 2 rings (SSSR count). The minimum absolute atomic E-state index is 0.174. The normalized spacial score (nSPS) is 10.7. The van der Waals surface area contributed by atoms with Crippen molar-refractivity contribution >= 4 is 11.6 Å². The topological polar surface area (TPSA) is 75.8 Å². The third kappa shape index (κ3) is 5.94. The quantitative estimate of drug-likeness (QED) is 0.482. The molecule has 1 N–H and O–H groups in total. The van der Waals surface area contributed by atoms with Crippen molar-refractivity contribution in [2.75, 3.05) is 12.4 Å². The van der Waals surface area contributed by atoms with E-state index < -0.39 is 0 Å². The van der Waals surface area contributed by atoms with E-state index in [9.17, 15) is 0 Å². The Bertz CT molecular complexity index is 974.